The fraction of sp³-hybridized carbons (Fsp3) is 0.278. The zero-order valence-electron chi connectivity index (χ0n) is 13.3. The molecule has 0 spiro atoms. The predicted molar refractivity (Wildman–Crippen MR) is 97.0 cm³/mol. The van der Waals surface area contributed by atoms with Gasteiger partial charge in [0.25, 0.3) is 0 Å². The van der Waals surface area contributed by atoms with E-state index < -0.39 is 0 Å². The average molecular weight is 364 g/mol. The van der Waals surface area contributed by atoms with E-state index in [0.29, 0.717) is 36.3 Å². The normalized spacial score (nSPS) is 13.8. The maximum absolute atomic E-state index is 12.0. The van der Waals surface area contributed by atoms with Crippen LogP contribution in [0.15, 0.2) is 29.7 Å². The van der Waals surface area contributed by atoms with Crippen molar-refractivity contribution in [1.29, 1.82) is 0 Å². The number of thiophene rings is 1. The first kappa shape index (κ1) is 16.9. The van der Waals surface area contributed by atoms with Crippen LogP contribution in [-0.2, 0) is 11.3 Å². The fourth-order valence-corrected chi connectivity index (χ4v) is 3.45. The van der Waals surface area contributed by atoms with Gasteiger partial charge in [0.2, 0.25) is 5.91 Å². The van der Waals surface area contributed by atoms with E-state index in [1.807, 2.05) is 30.5 Å². The van der Waals surface area contributed by atoms with E-state index in [9.17, 15) is 4.79 Å². The number of rotatable bonds is 4. The first-order chi connectivity index (χ1) is 11.6. The van der Waals surface area contributed by atoms with Gasteiger partial charge in [-0.15, -0.1) is 11.3 Å². The van der Waals surface area contributed by atoms with Crippen LogP contribution in [0.5, 0.6) is 11.5 Å². The average Bonchev–Trinajstić information content (AvgIpc) is 2.82. The molecule has 126 valence electrons. The van der Waals surface area contributed by atoms with Crippen molar-refractivity contribution in [2.45, 2.75) is 19.9 Å². The summed E-state index contributed by atoms with van der Waals surface area (Å²) >= 11 is 7.86. The Hall–Kier alpha value is -1.98. The zero-order valence-corrected chi connectivity index (χ0v) is 14.9. The van der Waals surface area contributed by atoms with Crippen molar-refractivity contribution in [2.24, 2.45) is 0 Å². The number of halogens is 1. The van der Waals surface area contributed by atoms with E-state index in [1.54, 1.807) is 23.5 Å². The van der Waals surface area contributed by atoms with Gasteiger partial charge in [-0.3, -0.25) is 4.79 Å². The van der Waals surface area contributed by atoms with Gasteiger partial charge in [0.15, 0.2) is 11.5 Å². The van der Waals surface area contributed by atoms with Gasteiger partial charge in [-0.05, 0) is 47.7 Å². The van der Waals surface area contributed by atoms with Gasteiger partial charge < -0.3 is 14.8 Å². The quantitative estimate of drug-likeness (QED) is 0.828. The van der Waals surface area contributed by atoms with E-state index in [-0.39, 0.29) is 5.91 Å². The van der Waals surface area contributed by atoms with E-state index in [1.165, 1.54) is 5.56 Å². The summed E-state index contributed by atoms with van der Waals surface area (Å²) in [7, 11) is 0. The highest BCUT2D eigenvalue weighted by molar-refractivity contribution is 7.11. The van der Waals surface area contributed by atoms with Crippen molar-refractivity contribution in [2.75, 3.05) is 13.2 Å². The molecule has 0 radical (unpaired) electrons. The molecular formula is C18H18ClNO3S. The van der Waals surface area contributed by atoms with E-state index in [4.69, 9.17) is 21.1 Å². The molecule has 0 saturated heterocycles. The van der Waals surface area contributed by atoms with Crippen molar-refractivity contribution >= 4 is 34.9 Å². The molecule has 1 aromatic carbocycles. The second-order valence-electron chi connectivity index (χ2n) is 5.47. The van der Waals surface area contributed by atoms with Crippen LogP contribution in [0.1, 0.15) is 22.4 Å². The summed E-state index contributed by atoms with van der Waals surface area (Å²) in [4.78, 5) is 13.1. The van der Waals surface area contributed by atoms with E-state index in [2.05, 4.69) is 5.32 Å². The van der Waals surface area contributed by atoms with E-state index >= 15 is 0 Å². The number of carbonyl (C=O) groups is 1. The van der Waals surface area contributed by atoms with Crippen LogP contribution in [0.4, 0.5) is 0 Å². The summed E-state index contributed by atoms with van der Waals surface area (Å²) in [6.07, 6.45) is 4.20. The van der Waals surface area contributed by atoms with Gasteiger partial charge >= 0.3 is 0 Å². The number of hydrogen-bond donors (Lipinski definition) is 1. The van der Waals surface area contributed by atoms with Gasteiger partial charge in [-0.2, -0.15) is 0 Å². The molecule has 1 aliphatic heterocycles. The summed E-state index contributed by atoms with van der Waals surface area (Å²) < 4.78 is 11.2. The van der Waals surface area contributed by atoms with Crippen molar-refractivity contribution in [1.82, 2.24) is 5.32 Å². The Kier molecular flexibility index (Phi) is 5.43. The third-order valence-electron chi connectivity index (χ3n) is 3.62. The van der Waals surface area contributed by atoms with E-state index in [0.717, 1.165) is 16.9 Å². The van der Waals surface area contributed by atoms with Crippen molar-refractivity contribution in [3.05, 3.63) is 50.7 Å². The highest BCUT2D eigenvalue weighted by Gasteiger charge is 2.15. The maximum atomic E-state index is 12.0. The van der Waals surface area contributed by atoms with Crippen LogP contribution in [0, 0.1) is 6.92 Å². The number of benzene rings is 1. The molecule has 1 N–H and O–H groups in total. The van der Waals surface area contributed by atoms with Crippen molar-refractivity contribution in [3.8, 4) is 11.5 Å². The molecule has 2 heterocycles. The lowest BCUT2D eigenvalue weighted by molar-refractivity contribution is -0.116. The molecule has 1 amide bonds. The largest absolute Gasteiger partial charge is 0.489 e. The molecule has 0 fully saturated rings. The standard InChI is InChI=1S/C18H18ClNO3S/c1-12-5-8-24-16(12)3-4-17(21)20-11-13-9-14(19)18-15(10-13)22-6-2-7-23-18/h3-5,8-10H,2,6-7,11H2,1H3,(H,20,21)/b4-3+. The second kappa shape index (κ2) is 7.73. The molecule has 0 aliphatic carbocycles. The van der Waals surface area contributed by atoms with Gasteiger partial charge in [0.1, 0.15) is 0 Å². The minimum absolute atomic E-state index is 0.147. The third-order valence-corrected chi connectivity index (χ3v) is 4.88. The van der Waals surface area contributed by atoms with Crippen LogP contribution >= 0.6 is 22.9 Å². The van der Waals surface area contributed by atoms with Crippen LogP contribution in [-0.4, -0.2) is 19.1 Å². The number of fused-ring (bicyclic) bond motifs is 1. The summed E-state index contributed by atoms with van der Waals surface area (Å²) in [5, 5.41) is 5.36. The number of hydrogen-bond acceptors (Lipinski definition) is 4. The van der Waals surface area contributed by atoms with Crippen molar-refractivity contribution in [3.63, 3.8) is 0 Å². The second-order valence-corrected chi connectivity index (χ2v) is 6.83. The van der Waals surface area contributed by atoms with Gasteiger partial charge in [0, 0.05) is 23.9 Å². The highest BCUT2D eigenvalue weighted by Crippen LogP contribution is 2.37. The summed E-state index contributed by atoms with van der Waals surface area (Å²) in [6.45, 7) is 3.59. The molecule has 1 aliphatic rings. The fourth-order valence-electron chi connectivity index (χ4n) is 2.34. The minimum atomic E-state index is -0.147. The molecule has 4 nitrogen and oxygen atoms in total. The SMILES string of the molecule is Cc1ccsc1/C=C/C(=O)NCc1cc(Cl)c2c(c1)OCCCO2. The molecule has 2 aromatic rings. The summed E-state index contributed by atoms with van der Waals surface area (Å²) in [6, 6.07) is 5.68. The Balaban J connectivity index is 1.63. The summed E-state index contributed by atoms with van der Waals surface area (Å²) in [5.41, 5.74) is 2.04. The Morgan fingerprint density at radius 1 is 1.38 bits per heavy atom. The number of nitrogens with one attached hydrogen (secondary N) is 1. The lowest BCUT2D eigenvalue weighted by atomic mass is 10.2. The molecule has 6 heteroatoms. The molecule has 1 aromatic heterocycles. The molecule has 24 heavy (non-hydrogen) atoms. The molecular weight excluding hydrogens is 346 g/mol. The summed E-state index contributed by atoms with van der Waals surface area (Å²) in [5.74, 6) is 1.07. The van der Waals surface area contributed by atoms with Crippen molar-refractivity contribution < 1.29 is 14.3 Å². The van der Waals surface area contributed by atoms with Gasteiger partial charge in [0.05, 0.1) is 18.2 Å². The Bertz CT molecular complexity index is 770. The van der Waals surface area contributed by atoms with Crippen LogP contribution in [0.2, 0.25) is 5.02 Å². The highest BCUT2D eigenvalue weighted by atomic mass is 35.5. The van der Waals surface area contributed by atoms with Gasteiger partial charge in [-0.1, -0.05) is 11.6 Å². The first-order valence-corrected chi connectivity index (χ1v) is 8.97. The smallest absolute Gasteiger partial charge is 0.244 e. The topological polar surface area (TPSA) is 47.6 Å². The van der Waals surface area contributed by atoms with Crippen LogP contribution < -0.4 is 14.8 Å². The number of aryl methyl sites for hydroxylation is 1. The van der Waals surface area contributed by atoms with Crippen LogP contribution in [0.3, 0.4) is 0 Å². The third kappa shape index (κ3) is 4.10. The lowest BCUT2D eigenvalue weighted by Gasteiger charge is -2.11. The molecule has 0 unspecified atom stereocenters. The molecule has 0 atom stereocenters. The molecule has 0 saturated carbocycles. The first-order valence-electron chi connectivity index (χ1n) is 7.71. The zero-order chi connectivity index (χ0) is 16.9. The lowest BCUT2D eigenvalue weighted by Crippen LogP contribution is -2.20. The maximum Gasteiger partial charge on any atom is 0.244 e. The van der Waals surface area contributed by atoms with Gasteiger partial charge in [-0.25, -0.2) is 0 Å². The molecule has 0 bridgehead atoms. The Labute approximate surface area is 150 Å². The monoisotopic (exact) mass is 363 g/mol. The van der Waals surface area contributed by atoms with Crippen LogP contribution in [0.25, 0.3) is 6.08 Å². The minimum Gasteiger partial charge on any atom is -0.489 e. The Morgan fingerprint density at radius 2 is 2.21 bits per heavy atom. The predicted octanol–water partition coefficient (Wildman–Crippen LogP) is 4.20. The number of carbonyl (C=O) groups excluding carboxylic acids is 1. The number of ether oxygens (including phenoxy) is 2. The molecule has 3 rings (SSSR count). The Morgan fingerprint density at radius 3 is 3.00 bits per heavy atom. The number of amides is 1.